The van der Waals surface area contributed by atoms with Crippen molar-refractivity contribution >= 4 is 23.6 Å². The molecular weight excluding hydrogens is 311 g/mol. The second-order valence-corrected chi connectivity index (χ2v) is 4.60. The van der Waals surface area contributed by atoms with Gasteiger partial charge in [-0.15, -0.1) is 0 Å². The van der Waals surface area contributed by atoms with Gasteiger partial charge in [-0.2, -0.15) is 13.2 Å². The molecule has 0 saturated carbocycles. The molecule has 0 bridgehead atoms. The van der Waals surface area contributed by atoms with E-state index < -0.39 is 18.6 Å². The summed E-state index contributed by atoms with van der Waals surface area (Å²) < 4.78 is 46.5. The molecule has 1 heterocycles. The quantitative estimate of drug-likeness (QED) is 0.871. The van der Waals surface area contributed by atoms with Crippen LogP contribution in [0.5, 0.6) is 11.5 Å². The lowest BCUT2D eigenvalue weighted by atomic mass is 10.1. The number of hydrogen-bond acceptors (Lipinski definition) is 3. The molecule has 1 aromatic rings. The van der Waals surface area contributed by atoms with Gasteiger partial charge in [-0.1, -0.05) is 11.6 Å². The van der Waals surface area contributed by atoms with Crippen molar-refractivity contribution in [3.8, 4) is 11.5 Å². The molecule has 21 heavy (non-hydrogen) atoms. The van der Waals surface area contributed by atoms with E-state index >= 15 is 0 Å². The van der Waals surface area contributed by atoms with Crippen LogP contribution in [-0.2, 0) is 4.79 Å². The van der Waals surface area contributed by atoms with Crippen LogP contribution in [0.2, 0.25) is 5.02 Å². The summed E-state index contributed by atoms with van der Waals surface area (Å²) >= 11 is 6.00. The van der Waals surface area contributed by atoms with Gasteiger partial charge in [0.2, 0.25) is 5.91 Å². The van der Waals surface area contributed by atoms with E-state index in [9.17, 15) is 18.0 Å². The first-order chi connectivity index (χ1) is 9.85. The molecule has 0 unspecified atom stereocenters. The third kappa shape index (κ3) is 4.56. The Balaban J connectivity index is 2.04. The summed E-state index contributed by atoms with van der Waals surface area (Å²) in [7, 11) is 0. The van der Waals surface area contributed by atoms with Crippen LogP contribution in [-0.4, -0.2) is 31.8 Å². The van der Waals surface area contributed by atoms with Crippen molar-refractivity contribution in [2.75, 3.05) is 19.8 Å². The Morgan fingerprint density at radius 1 is 1.33 bits per heavy atom. The molecule has 0 atom stereocenters. The van der Waals surface area contributed by atoms with E-state index in [0.29, 0.717) is 35.3 Å². The third-order valence-corrected chi connectivity index (χ3v) is 2.79. The molecule has 1 N–H and O–H groups in total. The molecular formula is C13H11ClF3NO3. The summed E-state index contributed by atoms with van der Waals surface area (Å²) in [4.78, 5) is 11.2. The number of hydrogen-bond donors (Lipinski definition) is 1. The Hall–Kier alpha value is -1.89. The molecule has 0 radical (unpaired) electrons. The minimum Gasteiger partial charge on any atom is -0.486 e. The third-order valence-electron chi connectivity index (χ3n) is 2.51. The molecule has 0 aliphatic carbocycles. The molecule has 0 saturated heterocycles. The van der Waals surface area contributed by atoms with Gasteiger partial charge in [0.25, 0.3) is 0 Å². The molecule has 0 spiro atoms. The molecule has 2 rings (SSSR count). The van der Waals surface area contributed by atoms with E-state index in [4.69, 9.17) is 21.1 Å². The number of ether oxygens (including phenoxy) is 2. The van der Waals surface area contributed by atoms with Crippen molar-refractivity contribution < 1.29 is 27.4 Å². The average molecular weight is 322 g/mol. The van der Waals surface area contributed by atoms with Gasteiger partial charge in [0, 0.05) is 6.08 Å². The first-order valence-electron chi connectivity index (χ1n) is 5.97. The largest absolute Gasteiger partial charge is 0.486 e. The first-order valence-corrected chi connectivity index (χ1v) is 6.35. The van der Waals surface area contributed by atoms with Gasteiger partial charge in [0.05, 0.1) is 5.02 Å². The van der Waals surface area contributed by atoms with Crippen LogP contribution >= 0.6 is 11.6 Å². The maximum absolute atomic E-state index is 11.9. The van der Waals surface area contributed by atoms with Crippen LogP contribution in [0.3, 0.4) is 0 Å². The smallest absolute Gasteiger partial charge is 0.405 e. The van der Waals surface area contributed by atoms with Crippen LogP contribution in [0.1, 0.15) is 5.56 Å². The predicted octanol–water partition coefficient (Wildman–Crippen LogP) is 2.80. The number of alkyl halides is 3. The SMILES string of the molecule is O=C(/C=C/c1cc(Cl)c2c(c1)OCCO2)NCC(F)(F)F. The van der Waals surface area contributed by atoms with Gasteiger partial charge in [0.1, 0.15) is 19.8 Å². The summed E-state index contributed by atoms with van der Waals surface area (Å²) in [5.41, 5.74) is 0.520. The monoisotopic (exact) mass is 321 g/mol. The molecule has 0 fully saturated rings. The Bertz CT molecular complexity index is 573. The molecule has 1 aliphatic rings. The number of rotatable bonds is 3. The van der Waals surface area contributed by atoms with Crippen LogP contribution in [0, 0.1) is 0 Å². The second kappa shape index (κ2) is 6.26. The summed E-state index contributed by atoms with van der Waals surface area (Å²) in [6.45, 7) is -0.609. The molecule has 4 nitrogen and oxygen atoms in total. The van der Waals surface area contributed by atoms with E-state index in [0.717, 1.165) is 6.08 Å². The van der Waals surface area contributed by atoms with E-state index in [1.165, 1.54) is 12.1 Å². The topological polar surface area (TPSA) is 47.6 Å². The van der Waals surface area contributed by atoms with Crippen molar-refractivity contribution in [3.05, 3.63) is 28.8 Å². The molecule has 1 aliphatic heterocycles. The number of carbonyl (C=O) groups is 1. The molecule has 1 amide bonds. The van der Waals surface area contributed by atoms with E-state index in [1.54, 1.807) is 11.4 Å². The first kappa shape index (κ1) is 15.5. The zero-order valence-electron chi connectivity index (χ0n) is 10.7. The second-order valence-electron chi connectivity index (χ2n) is 4.19. The van der Waals surface area contributed by atoms with E-state index in [1.807, 2.05) is 0 Å². The van der Waals surface area contributed by atoms with Crippen LogP contribution in [0.25, 0.3) is 6.08 Å². The van der Waals surface area contributed by atoms with Gasteiger partial charge < -0.3 is 14.8 Å². The Morgan fingerprint density at radius 2 is 2.05 bits per heavy atom. The number of benzene rings is 1. The van der Waals surface area contributed by atoms with Crippen LogP contribution in [0.4, 0.5) is 13.2 Å². The van der Waals surface area contributed by atoms with Crippen molar-refractivity contribution in [2.45, 2.75) is 6.18 Å². The Labute approximate surface area is 123 Å². The average Bonchev–Trinajstić information content (AvgIpc) is 2.42. The van der Waals surface area contributed by atoms with Gasteiger partial charge in [-0.25, -0.2) is 0 Å². The fourth-order valence-electron chi connectivity index (χ4n) is 1.65. The normalized spacial score (nSPS) is 14.3. The summed E-state index contributed by atoms with van der Waals surface area (Å²) in [6.07, 6.45) is -2.10. The predicted molar refractivity (Wildman–Crippen MR) is 70.5 cm³/mol. The van der Waals surface area contributed by atoms with Gasteiger partial charge in [0.15, 0.2) is 11.5 Å². The van der Waals surface area contributed by atoms with Gasteiger partial charge in [-0.05, 0) is 23.8 Å². The lowest BCUT2D eigenvalue weighted by Crippen LogP contribution is -2.32. The highest BCUT2D eigenvalue weighted by Crippen LogP contribution is 2.38. The molecule has 8 heteroatoms. The Morgan fingerprint density at radius 3 is 2.76 bits per heavy atom. The fraction of sp³-hybridized carbons (Fsp3) is 0.308. The lowest BCUT2D eigenvalue weighted by molar-refractivity contribution is -0.135. The lowest BCUT2D eigenvalue weighted by Gasteiger charge is -2.19. The Kier molecular flexibility index (Phi) is 4.62. The number of halogens is 4. The highest BCUT2D eigenvalue weighted by molar-refractivity contribution is 6.32. The minimum atomic E-state index is -4.44. The number of amides is 1. The van der Waals surface area contributed by atoms with Crippen LogP contribution in [0.15, 0.2) is 18.2 Å². The van der Waals surface area contributed by atoms with Crippen molar-refractivity contribution in [3.63, 3.8) is 0 Å². The summed E-state index contributed by atoms with van der Waals surface area (Å²) in [5.74, 6) is 0.00373. The number of fused-ring (bicyclic) bond motifs is 1. The highest BCUT2D eigenvalue weighted by atomic mass is 35.5. The van der Waals surface area contributed by atoms with Gasteiger partial charge in [-0.3, -0.25) is 4.79 Å². The number of carbonyl (C=O) groups excluding carboxylic acids is 1. The van der Waals surface area contributed by atoms with E-state index in [2.05, 4.69) is 0 Å². The zero-order valence-corrected chi connectivity index (χ0v) is 11.4. The van der Waals surface area contributed by atoms with Crippen molar-refractivity contribution in [1.82, 2.24) is 5.32 Å². The van der Waals surface area contributed by atoms with Gasteiger partial charge >= 0.3 is 6.18 Å². The maximum atomic E-state index is 11.9. The summed E-state index contributed by atoms with van der Waals surface area (Å²) in [5, 5.41) is 2.04. The molecule has 1 aromatic carbocycles. The van der Waals surface area contributed by atoms with Crippen LogP contribution < -0.4 is 14.8 Å². The zero-order chi connectivity index (χ0) is 15.5. The summed E-state index contributed by atoms with van der Waals surface area (Å²) in [6, 6.07) is 3.12. The fourth-order valence-corrected chi connectivity index (χ4v) is 1.92. The maximum Gasteiger partial charge on any atom is 0.405 e. The highest BCUT2D eigenvalue weighted by Gasteiger charge is 2.27. The van der Waals surface area contributed by atoms with E-state index in [-0.39, 0.29) is 0 Å². The van der Waals surface area contributed by atoms with Crippen molar-refractivity contribution in [2.24, 2.45) is 0 Å². The number of nitrogens with one attached hydrogen (secondary N) is 1. The molecule has 0 aromatic heterocycles. The standard InChI is InChI=1S/C13H11ClF3NO3/c14-9-5-8(6-10-12(9)21-4-3-20-10)1-2-11(19)18-7-13(15,16)17/h1-2,5-6H,3-4,7H2,(H,18,19)/b2-1+. The minimum absolute atomic E-state index is 0.308. The van der Waals surface area contributed by atoms with Crippen molar-refractivity contribution in [1.29, 1.82) is 0 Å². The molecule has 114 valence electrons.